The lowest BCUT2D eigenvalue weighted by molar-refractivity contribution is -0.117. The molecule has 0 aliphatic carbocycles. The maximum atomic E-state index is 12.8. The minimum Gasteiger partial charge on any atom is -0.489 e. The van der Waals surface area contributed by atoms with E-state index in [1.54, 1.807) is 30.1 Å². The summed E-state index contributed by atoms with van der Waals surface area (Å²) in [6, 6.07) is 10.7. The van der Waals surface area contributed by atoms with Crippen molar-refractivity contribution in [3.63, 3.8) is 0 Å². The van der Waals surface area contributed by atoms with Gasteiger partial charge in [0.2, 0.25) is 5.91 Å². The first-order chi connectivity index (χ1) is 11.5. The Kier molecular flexibility index (Phi) is 6.85. The fourth-order valence-electron chi connectivity index (χ4n) is 1.98. The third-order valence-electron chi connectivity index (χ3n) is 3.18. The topological polar surface area (TPSA) is 41.6 Å². The van der Waals surface area contributed by atoms with Crippen LogP contribution in [0.4, 0.5) is 10.1 Å². The van der Waals surface area contributed by atoms with Gasteiger partial charge >= 0.3 is 0 Å². The lowest BCUT2D eigenvalue weighted by atomic mass is 10.3. The standard InChI is InChI=1S/C17H17Cl2FN2O2/c1-22(9-10-24-17-14(18)3-2-4-15(17)19)11-16(23)21-13-7-5-12(20)6-8-13/h2-8H,9-11H2,1H3,(H,21,23). The summed E-state index contributed by atoms with van der Waals surface area (Å²) in [5.74, 6) is -0.106. The molecule has 0 aliphatic rings. The SMILES string of the molecule is CN(CCOc1c(Cl)cccc1Cl)CC(=O)Nc1ccc(F)cc1. The molecular formula is C17H17Cl2FN2O2. The van der Waals surface area contributed by atoms with Gasteiger partial charge in [-0.3, -0.25) is 9.69 Å². The second kappa shape index (κ2) is 8.87. The normalized spacial score (nSPS) is 10.7. The van der Waals surface area contributed by atoms with Crippen molar-refractivity contribution in [2.45, 2.75) is 0 Å². The average molecular weight is 371 g/mol. The summed E-state index contributed by atoms with van der Waals surface area (Å²) in [4.78, 5) is 13.7. The van der Waals surface area contributed by atoms with Crippen molar-refractivity contribution >= 4 is 34.8 Å². The maximum Gasteiger partial charge on any atom is 0.238 e. The number of hydrogen-bond acceptors (Lipinski definition) is 3. The smallest absolute Gasteiger partial charge is 0.238 e. The van der Waals surface area contributed by atoms with Crippen LogP contribution in [-0.4, -0.2) is 37.6 Å². The second-order valence-electron chi connectivity index (χ2n) is 5.19. The van der Waals surface area contributed by atoms with Crippen LogP contribution < -0.4 is 10.1 Å². The van der Waals surface area contributed by atoms with Gasteiger partial charge in [0.15, 0.2) is 5.75 Å². The largest absolute Gasteiger partial charge is 0.489 e. The van der Waals surface area contributed by atoms with Gasteiger partial charge in [-0.1, -0.05) is 29.3 Å². The minimum absolute atomic E-state index is 0.178. The Morgan fingerprint density at radius 2 is 1.79 bits per heavy atom. The van der Waals surface area contributed by atoms with Crippen LogP contribution in [0.5, 0.6) is 5.75 Å². The van der Waals surface area contributed by atoms with Gasteiger partial charge in [0.25, 0.3) is 0 Å². The lowest BCUT2D eigenvalue weighted by Crippen LogP contribution is -2.33. The number of carbonyl (C=O) groups excluding carboxylic acids is 1. The van der Waals surface area contributed by atoms with E-state index in [0.29, 0.717) is 34.6 Å². The molecule has 0 saturated heterocycles. The number of likely N-dealkylation sites (N-methyl/N-ethyl adjacent to an activating group) is 1. The predicted octanol–water partition coefficient (Wildman–Crippen LogP) is 4.08. The summed E-state index contributed by atoms with van der Waals surface area (Å²) in [6.07, 6.45) is 0. The maximum absolute atomic E-state index is 12.8. The minimum atomic E-state index is -0.347. The van der Waals surface area contributed by atoms with E-state index in [2.05, 4.69) is 5.32 Å². The zero-order valence-corrected chi connectivity index (χ0v) is 14.6. The molecule has 7 heteroatoms. The molecule has 0 aliphatic heterocycles. The molecule has 0 heterocycles. The van der Waals surface area contributed by atoms with Gasteiger partial charge in [0, 0.05) is 12.2 Å². The van der Waals surface area contributed by atoms with E-state index >= 15 is 0 Å². The summed E-state index contributed by atoms with van der Waals surface area (Å²) in [7, 11) is 1.79. The molecule has 0 atom stereocenters. The van der Waals surface area contributed by atoms with Crippen molar-refractivity contribution in [1.82, 2.24) is 4.90 Å². The van der Waals surface area contributed by atoms with Crippen LogP contribution in [0, 0.1) is 5.82 Å². The molecule has 0 radical (unpaired) electrons. The number of carbonyl (C=O) groups is 1. The number of hydrogen-bond donors (Lipinski definition) is 1. The molecule has 2 aromatic carbocycles. The third kappa shape index (κ3) is 5.67. The number of rotatable bonds is 7. The van der Waals surface area contributed by atoms with Crippen LogP contribution in [0.1, 0.15) is 0 Å². The Morgan fingerprint density at radius 1 is 1.17 bits per heavy atom. The molecule has 24 heavy (non-hydrogen) atoms. The number of nitrogens with zero attached hydrogens (tertiary/aromatic N) is 1. The van der Waals surface area contributed by atoms with Crippen LogP contribution in [-0.2, 0) is 4.79 Å². The fraction of sp³-hybridized carbons (Fsp3) is 0.235. The van der Waals surface area contributed by atoms with Crippen LogP contribution in [0.3, 0.4) is 0 Å². The summed E-state index contributed by atoms with van der Waals surface area (Å²) in [5, 5.41) is 3.58. The zero-order chi connectivity index (χ0) is 17.5. The number of nitrogens with one attached hydrogen (secondary N) is 1. The third-order valence-corrected chi connectivity index (χ3v) is 3.78. The van der Waals surface area contributed by atoms with Crippen molar-refractivity contribution in [2.24, 2.45) is 0 Å². The fourth-order valence-corrected chi connectivity index (χ4v) is 2.49. The first kappa shape index (κ1) is 18.5. The van der Waals surface area contributed by atoms with Crippen LogP contribution in [0.2, 0.25) is 10.0 Å². The summed E-state index contributed by atoms with van der Waals surface area (Å²) in [6.45, 7) is 1.03. The number of anilines is 1. The van der Waals surface area contributed by atoms with Crippen LogP contribution in [0.25, 0.3) is 0 Å². The van der Waals surface area contributed by atoms with Crippen molar-refractivity contribution in [3.8, 4) is 5.75 Å². The van der Waals surface area contributed by atoms with Crippen molar-refractivity contribution < 1.29 is 13.9 Å². The Balaban J connectivity index is 1.75. The molecule has 2 rings (SSSR count). The highest BCUT2D eigenvalue weighted by Gasteiger charge is 2.09. The van der Waals surface area contributed by atoms with E-state index in [9.17, 15) is 9.18 Å². The molecule has 0 bridgehead atoms. The highest BCUT2D eigenvalue weighted by molar-refractivity contribution is 6.37. The zero-order valence-electron chi connectivity index (χ0n) is 13.1. The van der Waals surface area contributed by atoms with Crippen LogP contribution >= 0.6 is 23.2 Å². The number of benzene rings is 2. The number of para-hydroxylation sites is 1. The first-order valence-electron chi connectivity index (χ1n) is 7.26. The predicted molar refractivity (Wildman–Crippen MR) is 94.5 cm³/mol. The Hall–Kier alpha value is -1.82. The Morgan fingerprint density at radius 3 is 2.42 bits per heavy atom. The van der Waals surface area contributed by atoms with Gasteiger partial charge in [-0.25, -0.2) is 4.39 Å². The van der Waals surface area contributed by atoms with Gasteiger partial charge in [0.05, 0.1) is 16.6 Å². The van der Waals surface area contributed by atoms with Crippen molar-refractivity contribution in [2.75, 3.05) is 32.1 Å². The average Bonchev–Trinajstić information content (AvgIpc) is 2.52. The Labute approximate surface area is 150 Å². The van der Waals surface area contributed by atoms with Crippen LogP contribution in [0.15, 0.2) is 42.5 Å². The quantitative estimate of drug-likeness (QED) is 0.798. The molecule has 0 saturated carbocycles. The van der Waals surface area contributed by atoms with E-state index in [1.165, 1.54) is 24.3 Å². The molecule has 1 N–H and O–H groups in total. The molecule has 0 spiro atoms. The molecule has 2 aromatic rings. The van der Waals surface area contributed by atoms with E-state index in [1.807, 2.05) is 0 Å². The second-order valence-corrected chi connectivity index (χ2v) is 6.01. The van der Waals surface area contributed by atoms with Gasteiger partial charge in [0.1, 0.15) is 12.4 Å². The number of amides is 1. The Bertz CT molecular complexity index is 675. The summed E-state index contributed by atoms with van der Waals surface area (Å²) >= 11 is 12.0. The molecule has 1 amide bonds. The number of halogens is 3. The molecular weight excluding hydrogens is 354 g/mol. The van der Waals surface area contributed by atoms with E-state index in [-0.39, 0.29) is 18.3 Å². The molecule has 0 aromatic heterocycles. The number of ether oxygens (including phenoxy) is 1. The van der Waals surface area contributed by atoms with E-state index in [0.717, 1.165) is 0 Å². The van der Waals surface area contributed by atoms with Gasteiger partial charge in [-0.05, 0) is 43.4 Å². The monoisotopic (exact) mass is 370 g/mol. The van der Waals surface area contributed by atoms with Crippen molar-refractivity contribution in [3.05, 3.63) is 58.3 Å². The summed E-state index contributed by atoms with van der Waals surface area (Å²) in [5.41, 5.74) is 0.550. The molecule has 0 unspecified atom stereocenters. The highest BCUT2D eigenvalue weighted by atomic mass is 35.5. The van der Waals surface area contributed by atoms with Gasteiger partial charge in [-0.2, -0.15) is 0 Å². The van der Waals surface area contributed by atoms with E-state index < -0.39 is 0 Å². The first-order valence-corrected chi connectivity index (χ1v) is 8.02. The summed E-state index contributed by atoms with van der Waals surface area (Å²) < 4.78 is 18.4. The lowest BCUT2D eigenvalue weighted by Gasteiger charge is -2.17. The van der Waals surface area contributed by atoms with Gasteiger partial charge in [-0.15, -0.1) is 0 Å². The van der Waals surface area contributed by atoms with E-state index in [4.69, 9.17) is 27.9 Å². The highest BCUT2D eigenvalue weighted by Crippen LogP contribution is 2.32. The molecule has 4 nitrogen and oxygen atoms in total. The van der Waals surface area contributed by atoms with Gasteiger partial charge < -0.3 is 10.1 Å². The van der Waals surface area contributed by atoms with Crippen molar-refractivity contribution in [1.29, 1.82) is 0 Å². The molecule has 128 valence electrons. The molecule has 0 fully saturated rings.